The molecule has 6 heteroatoms. The van der Waals surface area contributed by atoms with E-state index in [1.54, 1.807) is 0 Å². The van der Waals surface area contributed by atoms with Crippen LogP contribution in [0, 0.1) is 5.82 Å². The Kier molecular flexibility index (Phi) is 5.33. The molecule has 2 rings (SSSR count). The van der Waals surface area contributed by atoms with Crippen molar-refractivity contribution >= 4 is 21.6 Å². The molecule has 0 spiro atoms. The van der Waals surface area contributed by atoms with Gasteiger partial charge in [0.25, 0.3) is 0 Å². The molecule has 0 bridgehead atoms. The molecule has 0 aliphatic rings. The summed E-state index contributed by atoms with van der Waals surface area (Å²) in [6, 6.07) is 14.1. The molecule has 0 aromatic heterocycles. The van der Waals surface area contributed by atoms with Crippen molar-refractivity contribution in [2.45, 2.75) is 17.4 Å². The molecule has 0 radical (unpaired) electrons. The number of hydrogen-bond acceptors (Lipinski definition) is 2. The number of nitrogens with one attached hydrogen (secondary N) is 1. The molecule has 1 N–H and O–H groups in total. The minimum Gasteiger partial charge on any atom is -0.207 e. The van der Waals surface area contributed by atoms with Crippen molar-refractivity contribution in [3.8, 4) is 0 Å². The van der Waals surface area contributed by atoms with Crippen molar-refractivity contribution in [1.29, 1.82) is 0 Å². The Morgan fingerprint density at radius 1 is 1.05 bits per heavy atom. The maximum absolute atomic E-state index is 13.6. The zero-order valence-electron chi connectivity index (χ0n) is 11.2. The number of halogens is 2. The minimum absolute atomic E-state index is 0.0998. The first-order valence-electron chi connectivity index (χ1n) is 6.39. The Bertz CT molecular complexity index is 692. The van der Waals surface area contributed by atoms with Crippen LogP contribution < -0.4 is 4.72 Å². The second-order valence-electron chi connectivity index (χ2n) is 4.59. The van der Waals surface area contributed by atoms with Crippen LogP contribution in [0.4, 0.5) is 4.39 Å². The molecule has 2 aromatic carbocycles. The molecule has 0 heterocycles. The summed E-state index contributed by atoms with van der Waals surface area (Å²) in [6.07, 6.45) is 0.442. The average molecular weight is 328 g/mol. The second-order valence-corrected chi connectivity index (χ2v) is 6.58. The number of rotatable bonds is 6. The van der Waals surface area contributed by atoms with Crippen molar-refractivity contribution in [1.82, 2.24) is 4.72 Å². The monoisotopic (exact) mass is 327 g/mol. The molecule has 0 saturated carbocycles. The van der Waals surface area contributed by atoms with Gasteiger partial charge < -0.3 is 0 Å². The highest BCUT2D eigenvalue weighted by Gasteiger charge is 2.22. The molecule has 0 saturated heterocycles. The maximum atomic E-state index is 13.6. The lowest BCUT2D eigenvalue weighted by Gasteiger charge is -2.16. The number of benzene rings is 2. The Labute approximate surface area is 128 Å². The summed E-state index contributed by atoms with van der Waals surface area (Å²) < 4.78 is 40.5. The fraction of sp³-hybridized carbons (Fsp3) is 0.200. The van der Waals surface area contributed by atoms with Gasteiger partial charge in [0, 0.05) is 11.9 Å². The molecule has 112 valence electrons. The van der Waals surface area contributed by atoms with E-state index in [0.29, 0.717) is 6.42 Å². The molecule has 0 aliphatic carbocycles. The van der Waals surface area contributed by atoms with E-state index in [0.717, 1.165) is 11.6 Å². The highest BCUT2D eigenvalue weighted by molar-refractivity contribution is 7.89. The summed E-state index contributed by atoms with van der Waals surface area (Å²) in [5.74, 6) is -0.680. The van der Waals surface area contributed by atoms with Gasteiger partial charge in [-0.15, -0.1) is 11.6 Å². The lowest BCUT2D eigenvalue weighted by Crippen LogP contribution is -2.38. The van der Waals surface area contributed by atoms with Crippen LogP contribution in [0.15, 0.2) is 59.5 Å². The van der Waals surface area contributed by atoms with Gasteiger partial charge in [-0.1, -0.05) is 42.5 Å². The van der Waals surface area contributed by atoms with Gasteiger partial charge in [0.1, 0.15) is 10.7 Å². The summed E-state index contributed by atoms with van der Waals surface area (Å²) in [5.41, 5.74) is 0.958. The molecular formula is C15H15ClFNO2S. The van der Waals surface area contributed by atoms with E-state index in [9.17, 15) is 12.8 Å². The quantitative estimate of drug-likeness (QED) is 0.829. The van der Waals surface area contributed by atoms with Crippen molar-refractivity contribution < 1.29 is 12.8 Å². The lowest BCUT2D eigenvalue weighted by atomic mass is 10.1. The van der Waals surface area contributed by atoms with Crippen molar-refractivity contribution in [2.24, 2.45) is 0 Å². The summed E-state index contributed by atoms with van der Waals surface area (Å²) >= 11 is 5.83. The van der Waals surface area contributed by atoms with E-state index in [1.807, 2.05) is 30.3 Å². The van der Waals surface area contributed by atoms with Gasteiger partial charge in [-0.3, -0.25) is 0 Å². The van der Waals surface area contributed by atoms with E-state index >= 15 is 0 Å². The van der Waals surface area contributed by atoms with E-state index in [-0.39, 0.29) is 10.8 Å². The van der Waals surface area contributed by atoms with E-state index in [4.69, 9.17) is 11.6 Å². The van der Waals surface area contributed by atoms with E-state index < -0.39 is 21.9 Å². The largest absolute Gasteiger partial charge is 0.243 e. The van der Waals surface area contributed by atoms with Gasteiger partial charge in [0.15, 0.2) is 0 Å². The van der Waals surface area contributed by atoms with Gasteiger partial charge in [0.05, 0.1) is 0 Å². The molecule has 3 nitrogen and oxygen atoms in total. The first-order chi connectivity index (χ1) is 10.0. The van der Waals surface area contributed by atoms with Crippen LogP contribution in [-0.2, 0) is 16.4 Å². The van der Waals surface area contributed by atoms with Crippen LogP contribution in [0.25, 0.3) is 0 Å². The van der Waals surface area contributed by atoms with Gasteiger partial charge in [-0.05, 0) is 24.1 Å². The third kappa shape index (κ3) is 4.27. The molecular weight excluding hydrogens is 313 g/mol. The van der Waals surface area contributed by atoms with Crippen LogP contribution >= 0.6 is 11.6 Å². The molecule has 1 atom stereocenters. The molecule has 21 heavy (non-hydrogen) atoms. The Balaban J connectivity index is 2.16. The zero-order valence-corrected chi connectivity index (χ0v) is 12.7. The summed E-state index contributed by atoms with van der Waals surface area (Å²) in [7, 11) is -3.93. The Hall–Kier alpha value is -1.43. The average Bonchev–Trinajstić information content (AvgIpc) is 2.47. The summed E-state index contributed by atoms with van der Waals surface area (Å²) in [5, 5.41) is 0. The van der Waals surface area contributed by atoms with E-state index in [1.165, 1.54) is 18.2 Å². The van der Waals surface area contributed by atoms with Crippen LogP contribution in [-0.4, -0.2) is 20.3 Å². The van der Waals surface area contributed by atoms with Crippen molar-refractivity contribution in [3.63, 3.8) is 0 Å². The summed E-state index contributed by atoms with van der Waals surface area (Å²) in [6.45, 7) is 0. The fourth-order valence-corrected chi connectivity index (χ4v) is 3.56. The third-order valence-electron chi connectivity index (χ3n) is 2.96. The van der Waals surface area contributed by atoms with Crippen LogP contribution in [0.1, 0.15) is 5.56 Å². The van der Waals surface area contributed by atoms with Gasteiger partial charge in [0.2, 0.25) is 10.0 Å². The Morgan fingerprint density at radius 3 is 2.29 bits per heavy atom. The SMILES string of the molecule is O=S(=O)(NC(CCl)Cc1ccccc1)c1ccccc1F. The number of hydrogen-bond donors (Lipinski definition) is 1. The molecule has 0 amide bonds. The molecule has 2 aromatic rings. The topological polar surface area (TPSA) is 46.2 Å². The first-order valence-corrected chi connectivity index (χ1v) is 8.41. The van der Waals surface area contributed by atoms with Gasteiger partial charge in [-0.25, -0.2) is 17.5 Å². The molecule has 0 aliphatic heterocycles. The van der Waals surface area contributed by atoms with Gasteiger partial charge >= 0.3 is 0 Å². The molecule has 0 fully saturated rings. The predicted molar refractivity (Wildman–Crippen MR) is 81.4 cm³/mol. The highest BCUT2D eigenvalue weighted by atomic mass is 35.5. The minimum atomic E-state index is -3.93. The molecule has 1 unspecified atom stereocenters. The third-order valence-corrected chi connectivity index (χ3v) is 4.89. The standard InChI is InChI=1S/C15H15ClFNO2S/c16-11-13(10-12-6-2-1-3-7-12)18-21(19,20)15-9-5-4-8-14(15)17/h1-9,13,18H,10-11H2. The smallest absolute Gasteiger partial charge is 0.207 e. The number of alkyl halides is 1. The van der Waals surface area contributed by atoms with Crippen molar-refractivity contribution in [3.05, 3.63) is 66.0 Å². The van der Waals surface area contributed by atoms with Crippen LogP contribution in [0.5, 0.6) is 0 Å². The Morgan fingerprint density at radius 2 is 1.67 bits per heavy atom. The van der Waals surface area contributed by atoms with Crippen LogP contribution in [0.3, 0.4) is 0 Å². The van der Waals surface area contributed by atoms with Crippen LogP contribution in [0.2, 0.25) is 0 Å². The highest BCUT2D eigenvalue weighted by Crippen LogP contribution is 2.15. The predicted octanol–water partition coefficient (Wildman–Crippen LogP) is 2.95. The number of sulfonamides is 1. The van der Waals surface area contributed by atoms with Gasteiger partial charge in [-0.2, -0.15) is 0 Å². The maximum Gasteiger partial charge on any atom is 0.243 e. The van der Waals surface area contributed by atoms with E-state index in [2.05, 4.69) is 4.72 Å². The fourth-order valence-electron chi connectivity index (χ4n) is 1.97. The summed E-state index contributed by atoms with van der Waals surface area (Å²) in [4.78, 5) is -0.367. The zero-order chi connectivity index (χ0) is 15.3. The normalized spacial score (nSPS) is 13.0. The first kappa shape index (κ1) is 15.9. The van der Waals surface area contributed by atoms with Crippen molar-refractivity contribution in [2.75, 3.05) is 5.88 Å². The second kappa shape index (κ2) is 7.02. The lowest BCUT2D eigenvalue weighted by molar-refractivity contribution is 0.543.